The Balaban J connectivity index is 2.35. The second-order valence-electron chi connectivity index (χ2n) is 5.54. The summed E-state index contributed by atoms with van der Waals surface area (Å²) in [7, 11) is 0. The molecule has 6 heteroatoms. The molecule has 1 saturated carbocycles. The second kappa shape index (κ2) is 5.48. The fourth-order valence-electron chi connectivity index (χ4n) is 2.19. The Bertz CT molecular complexity index is 538. The summed E-state index contributed by atoms with van der Waals surface area (Å²) in [5.74, 6) is -0.223. The van der Waals surface area contributed by atoms with Gasteiger partial charge in [-0.25, -0.2) is 0 Å². The first-order chi connectivity index (χ1) is 9.40. The van der Waals surface area contributed by atoms with E-state index in [2.05, 4.69) is 0 Å². The minimum absolute atomic E-state index is 0.0393. The van der Waals surface area contributed by atoms with E-state index in [0.29, 0.717) is 6.54 Å². The van der Waals surface area contributed by atoms with Crippen LogP contribution in [0.2, 0.25) is 0 Å². The van der Waals surface area contributed by atoms with Crippen LogP contribution in [0.3, 0.4) is 0 Å². The third-order valence-electron chi connectivity index (χ3n) is 3.22. The van der Waals surface area contributed by atoms with Crippen molar-refractivity contribution in [3.63, 3.8) is 0 Å². The van der Waals surface area contributed by atoms with Crippen molar-refractivity contribution in [3.05, 3.63) is 33.9 Å². The van der Waals surface area contributed by atoms with Crippen LogP contribution in [-0.2, 0) is 0 Å². The number of phenolic OH excluding ortho intramolecular Hbond substituents is 1. The predicted octanol–water partition coefficient (Wildman–Crippen LogP) is 2.56. The molecule has 0 saturated heterocycles. The van der Waals surface area contributed by atoms with E-state index in [9.17, 15) is 20.0 Å². The van der Waals surface area contributed by atoms with Gasteiger partial charge in [-0.05, 0) is 30.9 Å². The molecule has 1 N–H and O–H groups in total. The van der Waals surface area contributed by atoms with Gasteiger partial charge >= 0.3 is 0 Å². The molecule has 2 rings (SSSR count). The minimum Gasteiger partial charge on any atom is -0.508 e. The van der Waals surface area contributed by atoms with Crippen molar-refractivity contribution in [1.29, 1.82) is 0 Å². The van der Waals surface area contributed by atoms with Crippen LogP contribution in [0.1, 0.15) is 37.0 Å². The maximum absolute atomic E-state index is 12.5. The highest BCUT2D eigenvalue weighted by molar-refractivity contribution is 5.99. The number of hydrogen-bond donors (Lipinski definition) is 1. The van der Waals surface area contributed by atoms with Crippen LogP contribution in [0.15, 0.2) is 18.2 Å². The summed E-state index contributed by atoms with van der Waals surface area (Å²) in [6, 6.07) is 3.74. The molecular formula is C14H18N2O4. The van der Waals surface area contributed by atoms with Crippen LogP contribution < -0.4 is 0 Å². The molecule has 1 aromatic rings. The highest BCUT2D eigenvalue weighted by atomic mass is 16.6. The Morgan fingerprint density at radius 1 is 1.50 bits per heavy atom. The molecule has 1 aliphatic rings. The van der Waals surface area contributed by atoms with Crippen LogP contribution in [0.4, 0.5) is 5.69 Å². The molecule has 0 aliphatic heterocycles. The van der Waals surface area contributed by atoms with Crippen molar-refractivity contribution in [2.45, 2.75) is 32.7 Å². The molecule has 0 heterocycles. The molecule has 0 aromatic heterocycles. The summed E-state index contributed by atoms with van der Waals surface area (Å²) in [5.41, 5.74) is -0.301. The lowest BCUT2D eigenvalue weighted by Gasteiger charge is -2.24. The standard InChI is InChI=1S/C14H18N2O4/c1-9(2)8-15(10-3-4-10)14(18)12-7-11(17)5-6-13(12)16(19)20/h5-7,9-10,17H,3-4,8H2,1-2H3. The van der Waals surface area contributed by atoms with Crippen molar-refractivity contribution in [3.8, 4) is 5.75 Å². The number of nitrogens with zero attached hydrogens (tertiary/aromatic N) is 2. The van der Waals surface area contributed by atoms with Crippen LogP contribution >= 0.6 is 0 Å². The minimum atomic E-state index is -0.590. The first-order valence-corrected chi connectivity index (χ1v) is 6.68. The normalized spacial score (nSPS) is 14.3. The quantitative estimate of drug-likeness (QED) is 0.662. The monoisotopic (exact) mass is 278 g/mol. The SMILES string of the molecule is CC(C)CN(C(=O)c1cc(O)ccc1[N+](=O)[O-])C1CC1. The van der Waals surface area contributed by atoms with Gasteiger partial charge in [-0.2, -0.15) is 0 Å². The van der Waals surface area contributed by atoms with Crippen molar-refractivity contribution in [2.24, 2.45) is 5.92 Å². The summed E-state index contributed by atoms with van der Waals surface area (Å²) < 4.78 is 0. The van der Waals surface area contributed by atoms with Gasteiger partial charge in [0.05, 0.1) is 4.92 Å². The Morgan fingerprint density at radius 2 is 2.15 bits per heavy atom. The van der Waals surface area contributed by atoms with Gasteiger partial charge in [-0.3, -0.25) is 14.9 Å². The first kappa shape index (κ1) is 14.3. The molecule has 0 spiro atoms. The third-order valence-corrected chi connectivity index (χ3v) is 3.22. The fraction of sp³-hybridized carbons (Fsp3) is 0.500. The first-order valence-electron chi connectivity index (χ1n) is 6.68. The number of nitro benzene ring substituents is 1. The molecular weight excluding hydrogens is 260 g/mol. The summed E-state index contributed by atoms with van der Waals surface area (Å²) in [6.07, 6.45) is 1.87. The van der Waals surface area contributed by atoms with Gasteiger partial charge < -0.3 is 10.0 Å². The van der Waals surface area contributed by atoms with Gasteiger partial charge in [0.25, 0.3) is 11.6 Å². The van der Waals surface area contributed by atoms with E-state index in [1.54, 1.807) is 4.90 Å². The summed E-state index contributed by atoms with van der Waals surface area (Å²) in [5, 5.41) is 20.5. The Hall–Kier alpha value is -2.11. The molecule has 1 fully saturated rings. The maximum Gasteiger partial charge on any atom is 0.282 e. The van der Waals surface area contributed by atoms with Gasteiger partial charge in [0, 0.05) is 18.7 Å². The zero-order chi connectivity index (χ0) is 14.9. The van der Waals surface area contributed by atoms with E-state index < -0.39 is 4.92 Å². The number of benzene rings is 1. The Morgan fingerprint density at radius 3 is 2.65 bits per heavy atom. The van der Waals surface area contributed by atoms with Crippen LogP contribution in [0.25, 0.3) is 0 Å². The Kier molecular flexibility index (Phi) is 3.92. The number of nitro groups is 1. The lowest BCUT2D eigenvalue weighted by Crippen LogP contribution is -2.36. The van der Waals surface area contributed by atoms with Crippen LogP contribution in [0.5, 0.6) is 5.75 Å². The zero-order valence-electron chi connectivity index (χ0n) is 11.6. The topological polar surface area (TPSA) is 83.7 Å². The van der Waals surface area contributed by atoms with Gasteiger partial charge in [-0.1, -0.05) is 13.8 Å². The molecule has 0 unspecified atom stereocenters. The molecule has 1 amide bonds. The maximum atomic E-state index is 12.5. The number of carbonyl (C=O) groups is 1. The van der Waals surface area contributed by atoms with E-state index >= 15 is 0 Å². The smallest absolute Gasteiger partial charge is 0.282 e. The van der Waals surface area contributed by atoms with Gasteiger partial charge in [-0.15, -0.1) is 0 Å². The molecule has 108 valence electrons. The predicted molar refractivity (Wildman–Crippen MR) is 73.7 cm³/mol. The third kappa shape index (κ3) is 3.07. The van der Waals surface area contributed by atoms with Crippen molar-refractivity contribution in [2.75, 3.05) is 6.54 Å². The van der Waals surface area contributed by atoms with Crippen molar-refractivity contribution >= 4 is 11.6 Å². The van der Waals surface area contributed by atoms with E-state index in [-0.39, 0.29) is 34.9 Å². The summed E-state index contributed by atoms with van der Waals surface area (Å²) in [6.45, 7) is 4.56. The average molecular weight is 278 g/mol. The highest BCUT2D eigenvalue weighted by Crippen LogP contribution is 2.32. The number of rotatable bonds is 5. The summed E-state index contributed by atoms with van der Waals surface area (Å²) >= 11 is 0. The zero-order valence-corrected chi connectivity index (χ0v) is 11.6. The number of carbonyl (C=O) groups excluding carboxylic acids is 1. The number of amides is 1. The second-order valence-corrected chi connectivity index (χ2v) is 5.54. The molecule has 6 nitrogen and oxygen atoms in total. The molecule has 0 atom stereocenters. The number of hydrogen-bond acceptors (Lipinski definition) is 4. The molecule has 1 aliphatic carbocycles. The van der Waals surface area contributed by atoms with Gasteiger partial charge in [0.2, 0.25) is 0 Å². The van der Waals surface area contributed by atoms with E-state index in [0.717, 1.165) is 12.8 Å². The molecule has 0 radical (unpaired) electrons. The lowest BCUT2D eigenvalue weighted by atomic mass is 10.1. The van der Waals surface area contributed by atoms with E-state index in [4.69, 9.17) is 0 Å². The van der Waals surface area contributed by atoms with E-state index in [1.807, 2.05) is 13.8 Å². The number of phenols is 1. The van der Waals surface area contributed by atoms with Gasteiger partial charge in [0.15, 0.2) is 0 Å². The molecule has 1 aromatic carbocycles. The molecule has 20 heavy (non-hydrogen) atoms. The fourth-order valence-corrected chi connectivity index (χ4v) is 2.19. The number of aromatic hydroxyl groups is 1. The van der Waals surface area contributed by atoms with Crippen LogP contribution in [0, 0.1) is 16.0 Å². The highest BCUT2D eigenvalue weighted by Gasteiger charge is 2.35. The summed E-state index contributed by atoms with van der Waals surface area (Å²) in [4.78, 5) is 24.7. The van der Waals surface area contributed by atoms with Crippen molar-refractivity contribution in [1.82, 2.24) is 4.90 Å². The van der Waals surface area contributed by atoms with Gasteiger partial charge in [0.1, 0.15) is 11.3 Å². The average Bonchev–Trinajstić information content (AvgIpc) is 3.18. The lowest BCUT2D eigenvalue weighted by molar-refractivity contribution is -0.385. The largest absolute Gasteiger partial charge is 0.508 e. The Labute approximate surface area is 117 Å². The van der Waals surface area contributed by atoms with E-state index in [1.165, 1.54) is 18.2 Å². The van der Waals surface area contributed by atoms with Crippen molar-refractivity contribution < 1.29 is 14.8 Å². The molecule has 0 bridgehead atoms. The van der Waals surface area contributed by atoms with Crippen LogP contribution in [-0.4, -0.2) is 33.4 Å².